The molecule has 1 saturated carbocycles. The molecule has 0 amide bonds. The molecule has 0 aromatic carbocycles. The van der Waals surface area contributed by atoms with Crippen LogP contribution >= 0.6 is 0 Å². The van der Waals surface area contributed by atoms with Gasteiger partial charge >= 0.3 is 5.97 Å². The first-order valence-electron chi connectivity index (χ1n) is 6.96. The number of aliphatic carboxylic acids is 1. The Hall–Kier alpha value is -0.570. The molecule has 1 saturated heterocycles. The molecule has 1 aliphatic carbocycles. The average molecular weight is 239 g/mol. The van der Waals surface area contributed by atoms with Crippen LogP contribution in [-0.2, 0) is 4.79 Å². The summed E-state index contributed by atoms with van der Waals surface area (Å²) >= 11 is 0. The van der Waals surface area contributed by atoms with Crippen molar-refractivity contribution in [3.63, 3.8) is 0 Å². The molecule has 0 spiro atoms. The van der Waals surface area contributed by atoms with Crippen molar-refractivity contribution in [2.24, 2.45) is 23.7 Å². The van der Waals surface area contributed by atoms with E-state index in [0.717, 1.165) is 32.4 Å². The number of carboxylic acid groups (broad SMARTS) is 1. The topological polar surface area (TPSA) is 40.5 Å². The molecule has 3 heteroatoms. The van der Waals surface area contributed by atoms with Gasteiger partial charge in [-0.05, 0) is 37.0 Å². The van der Waals surface area contributed by atoms with E-state index in [-0.39, 0.29) is 12.0 Å². The van der Waals surface area contributed by atoms with E-state index in [1.165, 1.54) is 0 Å². The fourth-order valence-corrected chi connectivity index (χ4v) is 3.49. The second-order valence-electron chi connectivity index (χ2n) is 6.34. The van der Waals surface area contributed by atoms with Gasteiger partial charge in [0.1, 0.15) is 0 Å². The van der Waals surface area contributed by atoms with Crippen LogP contribution in [0, 0.1) is 23.7 Å². The highest BCUT2D eigenvalue weighted by atomic mass is 16.4. The second-order valence-corrected chi connectivity index (χ2v) is 6.34. The SMILES string of the molecule is CC1CCC(C(=O)O)C(N2CC(C)C(C)C2)C1. The van der Waals surface area contributed by atoms with Crippen LogP contribution in [0.15, 0.2) is 0 Å². The standard InChI is InChI=1S/C14H25NO2/c1-9-4-5-12(14(16)17)13(6-9)15-7-10(2)11(3)8-15/h9-13H,4-8H2,1-3H3,(H,16,17). The number of hydrogen-bond donors (Lipinski definition) is 1. The zero-order valence-electron chi connectivity index (χ0n) is 11.2. The van der Waals surface area contributed by atoms with Crippen LogP contribution < -0.4 is 0 Å². The maximum atomic E-state index is 11.4. The summed E-state index contributed by atoms with van der Waals surface area (Å²) in [4.78, 5) is 13.8. The van der Waals surface area contributed by atoms with Crippen molar-refractivity contribution < 1.29 is 9.90 Å². The highest BCUT2D eigenvalue weighted by Crippen LogP contribution is 2.36. The van der Waals surface area contributed by atoms with E-state index in [1.54, 1.807) is 0 Å². The van der Waals surface area contributed by atoms with Gasteiger partial charge in [-0.3, -0.25) is 9.69 Å². The van der Waals surface area contributed by atoms with Crippen LogP contribution in [0.5, 0.6) is 0 Å². The Labute approximate surface area is 104 Å². The van der Waals surface area contributed by atoms with Gasteiger partial charge in [-0.15, -0.1) is 0 Å². The third-order valence-corrected chi connectivity index (χ3v) is 4.88. The Balaban J connectivity index is 2.07. The van der Waals surface area contributed by atoms with Gasteiger partial charge in [0.05, 0.1) is 5.92 Å². The third-order valence-electron chi connectivity index (χ3n) is 4.88. The monoisotopic (exact) mass is 239 g/mol. The van der Waals surface area contributed by atoms with Crippen LogP contribution in [0.25, 0.3) is 0 Å². The van der Waals surface area contributed by atoms with E-state index in [4.69, 9.17) is 0 Å². The molecule has 5 unspecified atom stereocenters. The summed E-state index contributed by atoms with van der Waals surface area (Å²) in [5.74, 6) is 1.38. The predicted molar refractivity (Wildman–Crippen MR) is 67.8 cm³/mol. The van der Waals surface area contributed by atoms with Crippen LogP contribution in [0.2, 0.25) is 0 Å². The minimum absolute atomic E-state index is 0.135. The lowest BCUT2D eigenvalue weighted by Crippen LogP contribution is -2.46. The fourth-order valence-electron chi connectivity index (χ4n) is 3.49. The van der Waals surface area contributed by atoms with Crippen LogP contribution in [0.1, 0.15) is 40.0 Å². The van der Waals surface area contributed by atoms with Crippen molar-refractivity contribution in [1.82, 2.24) is 4.90 Å². The lowest BCUT2D eigenvalue weighted by Gasteiger charge is -2.38. The zero-order valence-corrected chi connectivity index (χ0v) is 11.2. The Kier molecular flexibility index (Phi) is 3.76. The molecule has 1 aliphatic heterocycles. The number of carbonyl (C=O) groups is 1. The highest BCUT2D eigenvalue weighted by Gasteiger charge is 2.40. The van der Waals surface area contributed by atoms with Crippen LogP contribution in [0.4, 0.5) is 0 Å². The van der Waals surface area contributed by atoms with E-state index in [9.17, 15) is 9.90 Å². The highest BCUT2D eigenvalue weighted by molar-refractivity contribution is 5.71. The van der Waals surface area contributed by atoms with Gasteiger partial charge in [-0.2, -0.15) is 0 Å². The number of carboxylic acids is 1. The first-order chi connectivity index (χ1) is 7.99. The molecule has 2 rings (SSSR count). The van der Waals surface area contributed by atoms with Gasteiger partial charge in [-0.1, -0.05) is 20.8 Å². The maximum Gasteiger partial charge on any atom is 0.308 e. The van der Waals surface area contributed by atoms with Gasteiger partial charge in [0, 0.05) is 19.1 Å². The van der Waals surface area contributed by atoms with Crippen molar-refractivity contribution in [3.05, 3.63) is 0 Å². The first kappa shape index (κ1) is 12.9. The summed E-state index contributed by atoms with van der Waals surface area (Å²) in [6.07, 6.45) is 3.00. The maximum absolute atomic E-state index is 11.4. The van der Waals surface area contributed by atoms with E-state index in [2.05, 4.69) is 25.7 Å². The fraction of sp³-hybridized carbons (Fsp3) is 0.929. The summed E-state index contributed by atoms with van der Waals surface area (Å²) in [5, 5.41) is 9.36. The lowest BCUT2D eigenvalue weighted by atomic mass is 9.78. The van der Waals surface area contributed by atoms with Crippen molar-refractivity contribution in [3.8, 4) is 0 Å². The number of rotatable bonds is 2. The molecule has 2 aliphatic rings. The second kappa shape index (κ2) is 4.97. The Morgan fingerprint density at radius 3 is 2.24 bits per heavy atom. The van der Waals surface area contributed by atoms with Crippen molar-refractivity contribution in [2.45, 2.75) is 46.1 Å². The van der Waals surface area contributed by atoms with Crippen molar-refractivity contribution in [1.29, 1.82) is 0 Å². The number of nitrogens with zero attached hydrogens (tertiary/aromatic N) is 1. The molecule has 0 bridgehead atoms. The molecule has 17 heavy (non-hydrogen) atoms. The Morgan fingerprint density at radius 2 is 1.71 bits per heavy atom. The minimum atomic E-state index is -0.589. The molecule has 3 nitrogen and oxygen atoms in total. The van der Waals surface area contributed by atoms with E-state index >= 15 is 0 Å². The molecule has 0 aromatic heterocycles. The molecule has 0 aromatic rings. The van der Waals surface area contributed by atoms with Gasteiger partial charge in [-0.25, -0.2) is 0 Å². The number of hydrogen-bond acceptors (Lipinski definition) is 2. The Morgan fingerprint density at radius 1 is 1.12 bits per heavy atom. The summed E-state index contributed by atoms with van der Waals surface area (Å²) in [6, 6.07) is 0.281. The first-order valence-corrected chi connectivity index (χ1v) is 6.96. The quantitative estimate of drug-likeness (QED) is 0.804. The summed E-state index contributed by atoms with van der Waals surface area (Å²) in [7, 11) is 0. The third kappa shape index (κ3) is 2.65. The van der Waals surface area contributed by atoms with Crippen LogP contribution in [0.3, 0.4) is 0 Å². The van der Waals surface area contributed by atoms with Gasteiger partial charge < -0.3 is 5.11 Å². The molecule has 5 atom stereocenters. The van der Waals surface area contributed by atoms with Crippen molar-refractivity contribution >= 4 is 5.97 Å². The molecule has 2 fully saturated rings. The van der Waals surface area contributed by atoms with E-state index in [1.807, 2.05) is 0 Å². The van der Waals surface area contributed by atoms with Gasteiger partial charge in [0.25, 0.3) is 0 Å². The minimum Gasteiger partial charge on any atom is -0.481 e. The molecular weight excluding hydrogens is 214 g/mol. The summed E-state index contributed by atoms with van der Waals surface area (Å²) in [5.41, 5.74) is 0. The molecule has 0 radical (unpaired) electrons. The predicted octanol–water partition coefficient (Wildman–Crippen LogP) is 2.46. The molecule has 98 valence electrons. The molecule has 1 N–H and O–H groups in total. The largest absolute Gasteiger partial charge is 0.481 e. The Bertz CT molecular complexity index is 282. The van der Waals surface area contributed by atoms with E-state index in [0.29, 0.717) is 17.8 Å². The molecule has 1 heterocycles. The van der Waals surface area contributed by atoms with E-state index < -0.39 is 5.97 Å². The van der Waals surface area contributed by atoms with Crippen LogP contribution in [-0.4, -0.2) is 35.1 Å². The van der Waals surface area contributed by atoms with Gasteiger partial charge in [0.2, 0.25) is 0 Å². The number of likely N-dealkylation sites (tertiary alicyclic amines) is 1. The lowest BCUT2D eigenvalue weighted by molar-refractivity contribution is -0.146. The average Bonchev–Trinajstić information content (AvgIpc) is 2.58. The van der Waals surface area contributed by atoms with Crippen molar-refractivity contribution in [2.75, 3.05) is 13.1 Å². The normalized spacial score (nSPS) is 43.8. The summed E-state index contributed by atoms with van der Waals surface area (Å²) < 4.78 is 0. The smallest absolute Gasteiger partial charge is 0.308 e. The molecular formula is C14H25NO2. The van der Waals surface area contributed by atoms with Gasteiger partial charge in [0.15, 0.2) is 0 Å². The summed E-state index contributed by atoms with van der Waals surface area (Å²) in [6.45, 7) is 9.00. The zero-order chi connectivity index (χ0) is 12.6.